The van der Waals surface area contributed by atoms with Crippen LogP contribution in [0.3, 0.4) is 0 Å². The summed E-state index contributed by atoms with van der Waals surface area (Å²) < 4.78 is 12.4. The average Bonchev–Trinajstić information content (AvgIpc) is 2.43. The van der Waals surface area contributed by atoms with E-state index in [1.165, 1.54) is 4.90 Å². The maximum absolute atomic E-state index is 12.3. The molecule has 1 aromatic carbocycles. The summed E-state index contributed by atoms with van der Waals surface area (Å²) in [6, 6.07) is 6.95. The van der Waals surface area contributed by atoms with Crippen molar-refractivity contribution in [3.05, 3.63) is 35.4 Å². The van der Waals surface area contributed by atoms with Crippen LogP contribution in [0.5, 0.6) is 0 Å². The molecule has 0 aliphatic carbocycles. The highest BCUT2D eigenvalue weighted by molar-refractivity contribution is 5.85. The summed E-state index contributed by atoms with van der Waals surface area (Å²) in [5.41, 5.74) is 3.26. The normalized spacial score (nSPS) is 18.9. The van der Waals surface area contributed by atoms with Crippen LogP contribution < -0.4 is 5.73 Å². The molecule has 108 valence electrons. The first kappa shape index (κ1) is 13.0. The van der Waals surface area contributed by atoms with E-state index in [1.807, 2.05) is 30.0 Å². The first-order valence-corrected chi connectivity index (χ1v) is 6.60. The highest BCUT2D eigenvalue weighted by Crippen LogP contribution is 2.25. The minimum absolute atomic E-state index is 0.309. The molecular formula is C15H20N2O3. The van der Waals surface area contributed by atoms with Gasteiger partial charge in [-0.15, -0.1) is 0 Å². The van der Waals surface area contributed by atoms with Gasteiger partial charge in [0.25, 0.3) is 0 Å². The molecule has 0 aromatic heterocycles. The van der Waals surface area contributed by atoms with Crippen LogP contribution in [0, 0.1) is 0 Å². The van der Waals surface area contributed by atoms with Crippen LogP contribution in [0.15, 0.2) is 24.3 Å². The zero-order valence-corrected chi connectivity index (χ0v) is 12.0. The van der Waals surface area contributed by atoms with Crippen molar-refractivity contribution in [3.8, 4) is 0 Å². The van der Waals surface area contributed by atoms with Gasteiger partial charge in [-0.2, -0.15) is 0 Å². The molecule has 0 spiro atoms. The fourth-order valence-electron chi connectivity index (χ4n) is 2.27. The van der Waals surface area contributed by atoms with Crippen LogP contribution in [-0.2, 0) is 22.5 Å². The number of hydrogen-bond acceptors (Lipinski definition) is 3. The molecule has 0 saturated carbocycles. The van der Waals surface area contributed by atoms with Crippen LogP contribution >= 0.6 is 0 Å². The fourth-order valence-corrected chi connectivity index (χ4v) is 2.27. The van der Waals surface area contributed by atoms with E-state index in [4.69, 9.17) is 6.15 Å². The summed E-state index contributed by atoms with van der Waals surface area (Å²) in [7, 11) is 0. The molecule has 0 saturated heterocycles. The second-order valence-corrected chi connectivity index (χ2v) is 5.96. The number of fused-ring (bicyclic) bond motifs is 1. The molecule has 2 rings (SSSR count). The number of amides is 2. The number of carbonyl (C=O) groups excluding carboxylic acids is 2. The molecule has 1 unspecified atom stereocenters. The number of primary amides is 1. The molecule has 0 fully saturated rings. The summed E-state index contributed by atoms with van der Waals surface area (Å²) in [5.74, 6) is -0.504. The first-order chi connectivity index (χ1) is 9.81. The molecule has 1 aliphatic heterocycles. The Bertz CT molecular complexity index is 554. The Labute approximate surface area is 120 Å². The van der Waals surface area contributed by atoms with Crippen molar-refractivity contribution in [1.29, 1.82) is 0 Å². The SMILES string of the molecule is [2H]NC(=O)C1Cc2ccccc2CN1C(=O)OC(C)(C)C. The second-order valence-electron chi connectivity index (χ2n) is 5.96. The number of rotatable bonds is 1. The fraction of sp³-hybridized carbons (Fsp3) is 0.467. The highest BCUT2D eigenvalue weighted by atomic mass is 16.6. The maximum atomic E-state index is 12.3. The van der Waals surface area contributed by atoms with E-state index in [2.05, 4.69) is 0 Å². The van der Waals surface area contributed by atoms with Crippen molar-refractivity contribution < 1.29 is 15.7 Å². The van der Waals surface area contributed by atoms with E-state index in [1.54, 1.807) is 20.8 Å². The van der Waals surface area contributed by atoms with Gasteiger partial charge in [-0.1, -0.05) is 24.3 Å². The Morgan fingerprint density at radius 2 is 2.00 bits per heavy atom. The summed E-state index contributed by atoms with van der Waals surface area (Å²) in [5, 5.41) is 0. The largest absolute Gasteiger partial charge is 0.444 e. The van der Waals surface area contributed by atoms with Crippen molar-refractivity contribution in [2.45, 2.75) is 45.4 Å². The molecule has 1 heterocycles. The van der Waals surface area contributed by atoms with Gasteiger partial charge in [-0.3, -0.25) is 9.69 Å². The second kappa shape index (κ2) is 5.15. The zero-order chi connectivity index (χ0) is 15.6. The Morgan fingerprint density at radius 1 is 1.35 bits per heavy atom. The third-order valence-electron chi connectivity index (χ3n) is 3.18. The van der Waals surface area contributed by atoms with Crippen LogP contribution in [0.4, 0.5) is 4.79 Å². The van der Waals surface area contributed by atoms with Gasteiger partial charge in [0.2, 0.25) is 5.91 Å². The van der Waals surface area contributed by atoms with Crippen molar-refractivity contribution in [1.82, 2.24) is 4.90 Å². The molecule has 5 heteroatoms. The number of benzene rings is 1. The van der Waals surface area contributed by atoms with Gasteiger partial charge in [0, 0.05) is 6.42 Å². The number of hydrogen-bond donors (Lipinski definition) is 1. The van der Waals surface area contributed by atoms with Crippen molar-refractivity contribution in [2.24, 2.45) is 5.73 Å². The lowest BCUT2D eigenvalue weighted by Crippen LogP contribution is -2.52. The lowest BCUT2D eigenvalue weighted by atomic mass is 9.94. The molecule has 1 aliphatic rings. The zero-order valence-electron chi connectivity index (χ0n) is 13.0. The molecule has 1 aromatic rings. The van der Waals surface area contributed by atoms with Gasteiger partial charge in [0.15, 0.2) is 1.41 Å². The smallest absolute Gasteiger partial charge is 0.411 e. The summed E-state index contributed by atoms with van der Waals surface area (Å²) in [6.07, 6.45) is -0.147. The van der Waals surface area contributed by atoms with E-state index >= 15 is 0 Å². The van der Waals surface area contributed by atoms with Crippen LogP contribution in [0.25, 0.3) is 0 Å². The molecule has 5 nitrogen and oxygen atoms in total. The summed E-state index contributed by atoms with van der Waals surface area (Å²) >= 11 is 0. The third-order valence-corrected chi connectivity index (χ3v) is 3.18. The van der Waals surface area contributed by atoms with E-state index in [9.17, 15) is 9.59 Å². The highest BCUT2D eigenvalue weighted by Gasteiger charge is 2.35. The minimum Gasteiger partial charge on any atom is -0.444 e. The minimum atomic E-state index is -0.716. The number of nitrogens with zero attached hydrogens (tertiary/aromatic N) is 1. The van der Waals surface area contributed by atoms with Gasteiger partial charge >= 0.3 is 6.09 Å². The molecule has 1 atom stereocenters. The maximum Gasteiger partial charge on any atom is 0.411 e. The van der Waals surface area contributed by atoms with Crippen molar-refractivity contribution in [3.63, 3.8) is 0 Å². The Morgan fingerprint density at radius 3 is 2.60 bits per heavy atom. The molecule has 2 N–H and O–H groups in total. The lowest BCUT2D eigenvalue weighted by molar-refractivity contribution is -0.123. The summed E-state index contributed by atoms with van der Waals surface area (Å²) in [6.45, 7) is 5.65. The molecule has 0 bridgehead atoms. The van der Waals surface area contributed by atoms with E-state index in [0.29, 0.717) is 13.0 Å². The third kappa shape index (κ3) is 3.10. The predicted molar refractivity (Wildman–Crippen MR) is 74.9 cm³/mol. The first-order valence-electron chi connectivity index (χ1n) is 7.10. The van der Waals surface area contributed by atoms with E-state index < -0.39 is 23.6 Å². The van der Waals surface area contributed by atoms with Gasteiger partial charge in [-0.05, 0) is 31.9 Å². The molecule has 20 heavy (non-hydrogen) atoms. The number of carbonyl (C=O) groups is 2. The predicted octanol–water partition coefficient (Wildman–Crippen LogP) is 1.83. The van der Waals surface area contributed by atoms with Crippen LogP contribution in [-0.4, -0.2) is 28.5 Å². The molecular weight excluding hydrogens is 256 g/mol. The Kier molecular flexibility index (Phi) is 3.34. The Balaban J connectivity index is 2.28. The average molecular weight is 277 g/mol. The van der Waals surface area contributed by atoms with Crippen LogP contribution in [0.1, 0.15) is 31.9 Å². The van der Waals surface area contributed by atoms with Gasteiger partial charge in [0.1, 0.15) is 11.6 Å². The number of ether oxygens (including phenoxy) is 1. The summed E-state index contributed by atoms with van der Waals surface area (Å²) in [4.78, 5) is 25.6. The standard InChI is InChI=1S/C15H20N2O3/c1-15(2,3)20-14(19)17-9-11-7-5-4-6-10(11)8-12(17)13(16)18/h4-7,12H,8-9H2,1-3H3,(H2,16,18)/i/hD. The lowest BCUT2D eigenvalue weighted by Gasteiger charge is -2.36. The van der Waals surface area contributed by atoms with E-state index in [0.717, 1.165) is 11.1 Å². The Hall–Kier alpha value is -2.04. The topological polar surface area (TPSA) is 72.6 Å². The van der Waals surface area contributed by atoms with Gasteiger partial charge in [0.05, 0.1) is 6.54 Å². The quantitative estimate of drug-likeness (QED) is 0.851. The van der Waals surface area contributed by atoms with Gasteiger partial charge in [-0.25, -0.2) is 4.79 Å². The monoisotopic (exact) mass is 277 g/mol. The van der Waals surface area contributed by atoms with Crippen molar-refractivity contribution >= 4 is 12.0 Å². The van der Waals surface area contributed by atoms with Gasteiger partial charge < -0.3 is 10.5 Å². The van der Waals surface area contributed by atoms with Crippen molar-refractivity contribution in [2.75, 3.05) is 0 Å². The van der Waals surface area contributed by atoms with E-state index in [-0.39, 0.29) is 0 Å². The molecule has 2 amide bonds. The molecule has 0 radical (unpaired) electrons. The number of nitrogens with two attached hydrogens (primary N) is 1. The van der Waals surface area contributed by atoms with Crippen LogP contribution in [0.2, 0.25) is 1.41 Å².